The summed E-state index contributed by atoms with van der Waals surface area (Å²) < 4.78 is 5.57. The third kappa shape index (κ3) is 5.00. The monoisotopic (exact) mass is 293 g/mol. The van der Waals surface area contributed by atoms with Crippen LogP contribution in [-0.2, 0) is 6.42 Å². The maximum atomic E-state index is 5.57. The molecular weight excluding hydrogens is 278 g/mol. The number of benzene rings is 1. The zero-order chi connectivity index (χ0) is 11.1. The number of rotatable bonds is 5. The summed E-state index contributed by atoms with van der Waals surface area (Å²) in [5.74, 6) is 0.843. The van der Waals surface area contributed by atoms with Crippen LogP contribution in [0.1, 0.15) is 12.0 Å². The van der Waals surface area contributed by atoms with E-state index in [-0.39, 0.29) is 17.0 Å². The van der Waals surface area contributed by atoms with Crippen LogP contribution in [0, 0.1) is 0 Å². The van der Waals surface area contributed by atoms with Crippen molar-refractivity contribution in [2.24, 2.45) is 0 Å². The van der Waals surface area contributed by atoms with Gasteiger partial charge in [-0.15, -0.1) is 17.0 Å². The molecule has 0 spiro atoms. The summed E-state index contributed by atoms with van der Waals surface area (Å²) in [5, 5.41) is 0. The van der Waals surface area contributed by atoms with Crippen LogP contribution in [0.25, 0.3) is 0 Å². The summed E-state index contributed by atoms with van der Waals surface area (Å²) in [5.41, 5.74) is 1.36. The third-order valence-corrected chi connectivity index (χ3v) is 2.36. The lowest BCUT2D eigenvalue weighted by molar-refractivity contribution is 0.310. The lowest BCUT2D eigenvalue weighted by Gasteiger charge is -2.05. The summed E-state index contributed by atoms with van der Waals surface area (Å²) >= 11 is 0. The highest BCUT2D eigenvalue weighted by Crippen LogP contribution is 2.08. The smallest absolute Gasteiger partial charge is 0.137 e. The molecule has 0 radical (unpaired) electrons. The molecule has 1 aromatic heterocycles. The Hall–Kier alpha value is -1.35. The van der Waals surface area contributed by atoms with Gasteiger partial charge in [0.25, 0.3) is 0 Å². The lowest BCUT2D eigenvalue weighted by Crippen LogP contribution is -1.99. The number of halogens is 1. The highest BCUT2D eigenvalue weighted by atomic mass is 79.9. The van der Waals surface area contributed by atoms with E-state index in [1.807, 2.05) is 18.2 Å². The normalized spacial score (nSPS) is 9.41. The van der Waals surface area contributed by atoms with E-state index in [0.29, 0.717) is 0 Å². The summed E-state index contributed by atoms with van der Waals surface area (Å²) in [6.07, 6.45) is 5.57. The second kappa shape index (κ2) is 7.85. The molecule has 2 aromatic rings. The number of hydrogen-bond acceptors (Lipinski definition) is 2. The predicted molar refractivity (Wildman–Crippen MR) is 74.8 cm³/mol. The van der Waals surface area contributed by atoms with Gasteiger partial charge >= 0.3 is 0 Å². The molecule has 1 heterocycles. The number of pyridine rings is 1. The molecule has 3 heteroatoms. The fraction of sp³-hybridized carbons (Fsp3) is 0.214. The average molecular weight is 294 g/mol. The van der Waals surface area contributed by atoms with E-state index in [1.54, 1.807) is 12.4 Å². The number of aromatic nitrogens is 1. The minimum atomic E-state index is 0. The first kappa shape index (κ1) is 13.7. The standard InChI is InChI=1S/C14H15NO.BrH/c1-2-6-13(7-3-1)8-5-11-16-14-9-4-10-15-12-14;/h1-4,6-7,9-10,12H,5,8,11H2;1H. The molecule has 0 amide bonds. The van der Waals surface area contributed by atoms with E-state index in [0.717, 1.165) is 25.2 Å². The molecule has 0 unspecified atom stereocenters. The van der Waals surface area contributed by atoms with Crippen molar-refractivity contribution in [3.05, 3.63) is 60.4 Å². The van der Waals surface area contributed by atoms with Crippen molar-refractivity contribution in [2.45, 2.75) is 12.8 Å². The van der Waals surface area contributed by atoms with Gasteiger partial charge < -0.3 is 4.74 Å². The van der Waals surface area contributed by atoms with Gasteiger partial charge in [0.1, 0.15) is 5.75 Å². The maximum absolute atomic E-state index is 5.57. The van der Waals surface area contributed by atoms with Crippen LogP contribution < -0.4 is 4.74 Å². The third-order valence-electron chi connectivity index (χ3n) is 2.36. The molecule has 90 valence electrons. The summed E-state index contributed by atoms with van der Waals surface area (Å²) in [4.78, 5) is 4.00. The SMILES string of the molecule is Br.c1ccc(CCCOc2cccnc2)cc1. The van der Waals surface area contributed by atoms with Crippen molar-refractivity contribution in [1.82, 2.24) is 4.98 Å². The molecule has 0 fully saturated rings. The van der Waals surface area contributed by atoms with Crippen LogP contribution in [0.4, 0.5) is 0 Å². The van der Waals surface area contributed by atoms with Gasteiger partial charge in [-0.05, 0) is 30.5 Å². The topological polar surface area (TPSA) is 22.1 Å². The molecule has 1 aromatic carbocycles. The quantitative estimate of drug-likeness (QED) is 0.785. The molecule has 2 rings (SSSR count). The van der Waals surface area contributed by atoms with Crippen LogP contribution in [0.5, 0.6) is 5.75 Å². The first-order valence-electron chi connectivity index (χ1n) is 5.52. The molecule has 0 aliphatic heterocycles. The first-order chi connectivity index (χ1) is 7.95. The van der Waals surface area contributed by atoms with Crippen molar-refractivity contribution in [3.63, 3.8) is 0 Å². The number of nitrogens with zero attached hydrogens (tertiary/aromatic N) is 1. The Morgan fingerprint density at radius 2 is 1.82 bits per heavy atom. The van der Waals surface area contributed by atoms with Gasteiger partial charge in [-0.1, -0.05) is 30.3 Å². The van der Waals surface area contributed by atoms with Gasteiger partial charge in [-0.25, -0.2) is 0 Å². The predicted octanol–water partition coefficient (Wildman–Crippen LogP) is 3.67. The Morgan fingerprint density at radius 3 is 2.53 bits per heavy atom. The van der Waals surface area contributed by atoms with E-state index in [9.17, 15) is 0 Å². The summed E-state index contributed by atoms with van der Waals surface area (Å²) in [6, 6.07) is 14.3. The highest BCUT2D eigenvalue weighted by Gasteiger charge is 1.94. The maximum Gasteiger partial charge on any atom is 0.137 e. The second-order valence-electron chi connectivity index (χ2n) is 3.63. The lowest BCUT2D eigenvalue weighted by atomic mass is 10.1. The second-order valence-corrected chi connectivity index (χ2v) is 3.63. The minimum absolute atomic E-state index is 0. The molecule has 0 saturated carbocycles. The zero-order valence-corrected chi connectivity index (χ0v) is 11.3. The van der Waals surface area contributed by atoms with Crippen molar-refractivity contribution in [3.8, 4) is 5.75 Å². The molecular formula is C14H16BrNO. The Kier molecular flexibility index (Phi) is 6.33. The molecule has 2 nitrogen and oxygen atoms in total. The van der Waals surface area contributed by atoms with E-state index >= 15 is 0 Å². The molecule has 0 bridgehead atoms. The molecule has 0 N–H and O–H groups in total. The van der Waals surface area contributed by atoms with Crippen LogP contribution in [-0.4, -0.2) is 11.6 Å². The highest BCUT2D eigenvalue weighted by molar-refractivity contribution is 8.93. The molecule has 0 aliphatic carbocycles. The minimum Gasteiger partial charge on any atom is -0.492 e. The van der Waals surface area contributed by atoms with Gasteiger partial charge in [0.05, 0.1) is 12.8 Å². The Morgan fingerprint density at radius 1 is 1.00 bits per heavy atom. The number of aryl methyl sites for hydroxylation is 1. The Labute approximate surface area is 112 Å². The van der Waals surface area contributed by atoms with E-state index < -0.39 is 0 Å². The van der Waals surface area contributed by atoms with E-state index in [4.69, 9.17) is 4.74 Å². The van der Waals surface area contributed by atoms with Gasteiger partial charge in [-0.3, -0.25) is 4.98 Å². The van der Waals surface area contributed by atoms with Gasteiger partial charge in [0, 0.05) is 6.20 Å². The van der Waals surface area contributed by atoms with Crippen molar-refractivity contribution >= 4 is 17.0 Å². The summed E-state index contributed by atoms with van der Waals surface area (Å²) in [7, 11) is 0. The van der Waals surface area contributed by atoms with Gasteiger partial charge in [0.15, 0.2) is 0 Å². The largest absolute Gasteiger partial charge is 0.492 e. The van der Waals surface area contributed by atoms with Gasteiger partial charge in [0.2, 0.25) is 0 Å². The molecule has 0 aliphatic rings. The number of ether oxygens (including phenoxy) is 1. The molecule has 0 atom stereocenters. The van der Waals surface area contributed by atoms with Crippen LogP contribution in [0.15, 0.2) is 54.9 Å². The first-order valence-corrected chi connectivity index (χ1v) is 5.52. The van der Waals surface area contributed by atoms with Crippen LogP contribution in [0.3, 0.4) is 0 Å². The van der Waals surface area contributed by atoms with Crippen LogP contribution >= 0.6 is 17.0 Å². The molecule has 0 saturated heterocycles. The fourth-order valence-corrected chi connectivity index (χ4v) is 1.54. The van der Waals surface area contributed by atoms with Crippen molar-refractivity contribution in [1.29, 1.82) is 0 Å². The number of hydrogen-bond donors (Lipinski definition) is 0. The van der Waals surface area contributed by atoms with Crippen LogP contribution in [0.2, 0.25) is 0 Å². The Bertz CT molecular complexity index is 364. The molecule has 17 heavy (non-hydrogen) atoms. The van der Waals surface area contributed by atoms with E-state index in [2.05, 4.69) is 29.2 Å². The zero-order valence-electron chi connectivity index (χ0n) is 9.58. The summed E-state index contributed by atoms with van der Waals surface area (Å²) in [6.45, 7) is 0.737. The average Bonchev–Trinajstić information content (AvgIpc) is 2.37. The fourth-order valence-electron chi connectivity index (χ4n) is 1.54. The Balaban J connectivity index is 0.00000144. The van der Waals surface area contributed by atoms with E-state index in [1.165, 1.54) is 5.56 Å². The van der Waals surface area contributed by atoms with Crippen molar-refractivity contribution < 1.29 is 4.74 Å². The van der Waals surface area contributed by atoms with Gasteiger partial charge in [-0.2, -0.15) is 0 Å². The van der Waals surface area contributed by atoms with Crippen molar-refractivity contribution in [2.75, 3.05) is 6.61 Å².